The Labute approximate surface area is 104 Å². The Hall–Kier alpha value is -1.77. The first kappa shape index (κ1) is 14.3. The highest BCUT2D eigenvalue weighted by atomic mass is 19.4. The summed E-state index contributed by atoms with van der Waals surface area (Å²) in [6.07, 6.45) is -3.71. The molecule has 0 aromatic carbocycles. The fourth-order valence-electron chi connectivity index (χ4n) is 1.64. The van der Waals surface area contributed by atoms with Crippen molar-refractivity contribution >= 4 is 5.82 Å². The SMILES string of the molecule is CCCN(CC(F)(F)F)c1cc(C#N)cc(C)n1. The van der Waals surface area contributed by atoms with Crippen LogP contribution in [0.25, 0.3) is 0 Å². The van der Waals surface area contributed by atoms with Gasteiger partial charge in [-0.15, -0.1) is 0 Å². The average molecular weight is 257 g/mol. The minimum Gasteiger partial charge on any atom is -0.347 e. The van der Waals surface area contributed by atoms with E-state index in [1.165, 1.54) is 6.07 Å². The van der Waals surface area contributed by atoms with Gasteiger partial charge >= 0.3 is 6.18 Å². The predicted molar refractivity (Wildman–Crippen MR) is 62.2 cm³/mol. The van der Waals surface area contributed by atoms with Gasteiger partial charge in [-0.05, 0) is 25.5 Å². The van der Waals surface area contributed by atoms with E-state index in [2.05, 4.69) is 4.98 Å². The summed E-state index contributed by atoms with van der Waals surface area (Å²) in [5.41, 5.74) is 0.855. The van der Waals surface area contributed by atoms with Gasteiger partial charge in [0.25, 0.3) is 0 Å². The quantitative estimate of drug-likeness (QED) is 0.832. The van der Waals surface area contributed by atoms with Crippen molar-refractivity contribution in [2.24, 2.45) is 0 Å². The Kier molecular flexibility index (Phi) is 4.54. The third kappa shape index (κ3) is 4.24. The molecule has 18 heavy (non-hydrogen) atoms. The summed E-state index contributed by atoms with van der Waals surface area (Å²) in [5.74, 6) is 0.200. The Morgan fingerprint density at radius 2 is 2.06 bits per heavy atom. The van der Waals surface area contributed by atoms with Crippen molar-refractivity contribution in [2.45, 2.75) is 26.4 Å². The van der Waals surface area contributed by atoms with Crippen molar-refractivity contribution in [2.75, 3.05) is 18.0 Å². The zero-order valence-electron chi connectivity index (χ0n) is 10.3. The van der Waals surface area contributed by atoms with Crippen molar-refractivity contribution in [3.05, 3.63) is 23.4 Å². The van der Waals surface area contributed by atoms with Gasteiger partial charge in [-0.25, -0.2) is 4.98 Å². The van der Waals surface area contributed by atoms with Crippen molar-refractivity contribution in [1.82, 2.24) is 4.98 Å². The van der Waals surface area contributed by atoms with Gasteiger partial charge in [0.2, 0.25) is 0 Å². The number of nitriles is 1. The summed E-state index contributed by atoms with van der Waals surface area (Å²) < 4.78 is 37.4. The van der Waals surface area contributed by atoms with Crippen molar-refractivity contribution in [3.8, 4) is 6.07 Å². The van der Waals surface area contributed by atoms with Crippen LogP contribution in [0.4, 0.5) is 19.0 Å². The standard InChI is InChI=1S/C12H14F3N3/c1-3-4-18(8-12(13,14)15)11-6-10(7-16)5-9(2)17-11/h5-6H,3-4,8H2,1-2H3. The van der Waals surface area contributed by atoms with Crippen LogP contribution in [-0.2, 0) is 0 Å². The fraction of sp³-hybridized carbons (Fsp3) is 0.500. The number of aryl methyl sites for hydroxylation is 1. The number of hydrogen-bond acceptors (Lipinski definition) is 3. The molecule has 0 saturated heterocycles. The molecule has 0 aliphatic carbocycles. The maximum Gasteiger partial charge on any atom is 0.405 e. The number of hydrogen-bond donors (Lipinski definition) is 0. The Morgan fingerprint density at radius 1 is 1.39 bits per heavy atom. The molecule has 0 bridgehead atoms. The molecule has 98 valence electrons. The van der Waals surface area contributed by atoms with Crippen LogP contribution in [0.1, 0.15) is 24.6 Å². The fourth-order valence-corrected chi connectivity index (χ4v) is 1.64. The molecule has 0 saturated carbocycles. The molecule has 0 atom stereocenters. The second-order valence-corrected chi connectivity index (χ2v) is 4.00. The summed E-state index contributed by atoms with van der Waals surface area (Å²) in [4.78, 5) is 5.21. The molecule has 0 unspecified atom stereocenters. The van der Waals surface area contributed by atoms with Crippen molar-refractivity contribution < 1.29 is 13.2 Å². The molecule has 0 fully saturated rings. The van der Waals surface area contributed by atoms with Crippen LogP contribution in [0.3, 0.4) is 0 Å². The molecule has 1 aromatic heterocycles. The lowest BCUT2D eigenvalue weighted by Crippen LogP contribution is -2.35. The van der Waals surface area contributed by atoms with E-state index in [1.54, 1.807) is 19.9 Å². The Bertz CT molecular complexity index is 449. The molecule has 0 radical (unpaired) electrons. The molecular formula is C12H14F3N3. The zero-order chi connectivity index (χ0) is 13.8. The molecule has 0 aliphatic heterocycles. The minimum absolute atomic E-state index is 0.200. The highest BCUT2D eigenvalue weighted by Gasteiger charge is 2.31. The molecule has 1 heterocycles. The second kappa shape index (κ2) is 5.71. The zero-order valence-corrected chi connectivity index (χ0v) is 10.3. The van der Waals surface area contributed by atoms with Crippen LogP contribution in [0, 0.1) is 18.3 Å². The number of halogens is 3. The summed E-state index contributed by atoms with van der Waals surface area (Å²) >= 11 is 0. The third-order valence-corrected chi connectivity index (χ3v) is 2.26. The lowest BCUT2D eigenvalue weighted by Gasteiger charge is -2.24. The highest BCUT2D eigenvalue weighted by molar-refractivity contribution is 5.46. The minimum atomic E-state index is -4.28. The van der Waals surface area contributed by atoms with Gasteiger partial charge in [-0.1, -0.05) is 6.92 Å². The first-order chi connectivity index (χ1) is 8.35. The van der Waals surface area contributed by atoms with Gasteiger partial charge in [0.05, 0.1) is 11.6 Å². The van der Waals surface area contributed by atoms with Gasteiger partial charge in [0.1, 0.15) is 12.4 Å². The molecule has 6 heteroatoms. The van der Waals surface area contributed by atoms with Gasteiger partial charge in [0.15, 0.2) is 0 Å². The summed E-state index contributed by atoms with van der Waals surface area (Å²) in [6.45, 7) is 2.65. The van der Waals surface area contributed by atoms with E-state index in [-0.39, 0.29) is 12.4 Å². The second-order valence-electron chi connectivity index (χ2n) is 4.00. The smallest absolute Gasteiger partial charge is 0.347 e. The predicted octanol–water partition coefficient (Wildman–Crippen LogP) is 3.04. The number of nitrogens with zero attached hydrogens (tertiary/aromatic N) is 3. The summed E-state index contributed by atoms with van der Waals surface area (Å²) in [6, 6.07) is 4.85. The maximum atomic E-state index is 12.5. The first-order valence-corrected chi connectivity index (χ1v) is 5.56. The Balaban J connectivity index is 3.05. The van der Waals surface area contributed by atoms with Gasteiger partial charge in [0, 0.05) is 12.2 Å². The van der Waals surface area contributed by atoms with E-state index < -0.39 is 12.7 Å². The van der Waals surface area contributed by atoms with E-state index >= 15 is 0 Å². The van der Waals surface area contributed by atoms with Crippen LogP contribution in [0.2, 0.25) is 0 Å². The van der Waals surface area contributed by atoms with Gasteiger partial charge < -0.3 is 4.90 Å². The van der Waals surface area contributed by atoms with E-state index in [4.69, 9.17) is 5.26 Å². The number of rotatable bonds is 4. The van der Waals surface area contributed by atoms with Crippen LogP contribution in [-0.4, -0.2) is 24.2 Å². The molecule has 3 nitrogen and oxygen atoms in total. The van der Waals surface area contributed by atoms with Gasteiger partial charge in [-0.2, -0.15) is 18.4 Å². The maximum absolute atomic E-state index is 12.5. The molecule has 0 N–H and O–H groups in total. The third-order valence-electron chi connectivity index (χ3n) is 2.26. The summed E-state index contributed by atoms with van der Waals surface area (Å²) in [5, 5.41) is 8.81. The first-order valence-electron chi connectivity index (χ1n) is 5.56. The van der Waals surface area contributed by atoms with Crippen LogP contribution >= 0.6 is 0 Å². The topological polar surface area (TPSA) is 39.9 Å². The normalized spacial score (nSPS) is 11.1. The molecule has 1 aromatic rings. The van der Waals surface area contributed by atoms with E-state index in [9.17, 15) is 13.2 Å². The molecule has 1 rings (SSSR count). The number of anilines is 1. The van der Waals surface area contributed by atoms with Crippen LogP contribution in [0.5, 0.6) is 0 Å². The van der Waals surface area contributed by atoms with Crippen LogP contribution in [0.15, 0.2) is 12.1 Å². The largest absolute Gasteiger partial charge is 0.405 e. The molecular weight excluding hydrogens is 243 g/mol. The van der Waals surface area contributed by atoms with E-state index in [0.717, 1.165) is 4.90 Å². The highest BCUT2D eigenvalue weighted by Crippen LogP contribution is 2.22. The van der Waals surface area contributed by atoms with Crippen molar-refractivity contribution in [3.63, 3.8) is 0 Å². The number of alkyl halides is 3. The molecule has 0 aliphatic rings. The van der Waals surface area contributed by atoms with Crippen LogP contribution < -0.4 is 4.90 Å². The van der Waals surface area contributed by atoms with E-state index in [1.807, 2.05) is 6.07 Å². The average Bonchev–Trinajstić information content (AvgIpc) is 2.26. The number of pyridine rings is 1. The van der Waals surface area contributed by atoms with E-state index in [0.29, 0.717) is 17.7 Å². The monoisotopic (exact) mass is 257 g/mol. The number of aromatic nitrogens is 1. The lowest BCUT2D eigenvalue weighted by molar-refractivity contribution is -0.119. The molecule has 0 spiro atoms. The van der Waals surface area contributed by atoms with Crippen molar-refractivity contribution in [1.29, 1.82) is 5.26 Å². The lowest BCUT2D eigenvalue weighted by atomic mass is 10.2. The molecule has 0 amide bonds. The Morgan fingerprint density at radius 3 is 2.56 bits per heavy atom. The summed E-state index contributed by atoms with van der Waals surface area (Å²) in [7, 11) is 0. The van der Waals surface area contributed by atoms with Gasteiger partial charge in [-0.3, -0.25) is 0 Å².